The van der Waals surface area contributed by atoms with Crippen molar-refractivity contribution in [2.45, 2.75) is 103 Å². The molecule has 5 unspecified atom stereocenters. The number of likely N-dealkylation sites (tertiary alicyclic amines) is 2. The molecule has 6 aromatic rings. The summed E-state index contributed by atoms with van der Waals surface area (Å²) in [6, 6.07) is 18.9. The summed E-state index contributed by atoms with van der Waals surface area (Å²) in [6.45, 7) is 10.6. The summed E-state index contributed by atoms with van der Waals surface area (Å²) in [5.74, 6) is 1.04. The maximum atomic E-state index is 14.2. The highest BCUT2D eigenvalue weighted by atomic mass is 16.5. The van der Waals surface area contributed by atoms with Gasteiger partial charge in [-0.25, -0.2) is 24.5 Å². The summed E-state index contributed by atoms with van der Waals surface area (Å²) in [4.78, 5) is 81.9. The number of hydrogen-bond acceptors (Lipinski definition) is 11. The molecule has 3 aromatic carbocycles. The number of carbonyl (C=O) groups excluding carboxylic acids is 4. The summed E-state index contributed by atoms with van der Waals surface area (Å²) in [5, 5.41) is 7.64. The summed E-state index contributed by atoms with van der Waals surface area (Å²) in [5.41, 5.74) is 6.70. The lowest BCUT2D eigenvalue weighted by atomic mass is 9.98. The first-order valence-electron chi connectivity index (χ1n) is 24.3. The highest BCUT2D eigenvalue weighted by Crippen LogP contribution is 2.58. The van der Waals surface area contributed by atoms with Crippen molar-refractivity contribution >= 4 is 34.8 Å². The SMILES string of the molecule is CCCc1cnc(OC2CC(c3ncc(-c4ccc(-c5ccc6cc(-c7cnc(C8CC9(CC9)CN8C(=O)C(NC(=O)OC)C(C)C)[nH]7)ccc6c5)cc4)[nH]3)N(C(=O)C(NC(=O)OC)C(C)C)C2)cn1. The maximum absolute atomic E-state index is 14.2. The van der Waals surface area contributed by atoms with Crippen LogP contribution in [0.15, 0.2) is 85.5 Å². The van der Waals surface area contributed by atoms with E-state index in [4.69, 9.17) is 24.2 Å². The zero-order valence-corrected chi connectivity index (χ0v) is 40.8. The standard InChI is InChI=1S/C53H62N10O7/c1-8-9-38-24-55-44(27-54-38)70-39-22-42(62(28-39)49(64)45(30(2)3)60-51(66)68-6)47-56-25-40(58-47)33-12-10-32(11-13-33)34-14-15-36-21-37(17-16-35(36)20-34)41-26-57-48(59-41)43-23-53(18-19-53)29-63(43)50(65)46(31(4)5)61-52(67)69-7/h10-17,20-21,24-27,30-31,39,42-43,45-46H,8-9,18-19,22-23,28-29H2,1-7H3,(H,56,58)(H,57,59)(H,60,66)(H,61,67). The van der Waals surface area contributed by atoms with Crippen LogP contribution in [-0.2, 0) is 25.5 Å². The lowest BCUT2D eigenvalue weighted by molar-refractivity contribution is -0.136. The number of benzene rings is 3. The number of fused-ring (bicyclic) bond motifs is 1. The number of imidazole rings is 2. The molecule has 3 fully saturated rings. The molecule has 5 atom stereocenters. The van der Waals surface area contributed by atoms with E-state index in [0.717, 1.165) is 88.0 Å². The van der Waals surface area contributed by atoms with Crippen molar-refractivity contribution < 1.29 is 33.4 Å². The van der Waals surface area contributed by atoms with Crippen LogP contribution < -0.4 is 15.4 Å². The van der Waals surface area contributed by atoms with Gasteiger partial charge in [0.25, 0.3) is 0 Å². The van der Waals surface area contributed by atoms with Crippen LogP contribution in [0.2, 0.25) is 0 Å². The van der Waals surface area contributed by atoms with Gasteiger partial charge in [-0.15, -0.1) is 0 Å². The Balaban J connectivity index is 0.896. The number of alkyl carbamates (subject to hydrolysis) is 2. The molecule has 70 heavy (non-hydrogen) atoms. The topological polar surface area (TPSA) is 210 Å². The van der Waals surface area contributed by atoms with Gasteiger partial charge in [-0.3, -0.25) is 14.6 Å². The monoisotopic (exact) mass is 950 g/mol. The molecular weight excluding hydrogens is 889 g/mol. The average molecular weight is 951 g/mol. The lowest BCUT2D eigenvalue weighted by Gasteiger charge is -2.30. The minimum Gasteiger partial charge on any atom is -0.471 e. The van der Waals surface area contributed by atoms with Gasteiger partial charge in [-0.05, 0) is 82.5 Å². The Hall–Kier alpha value is -7.30. The number of carbonyl (C=O) groups is 4. The number of nitrogens with zero attached hydrogens (tertiary/aromatic N) is 6. The summed E-state index contributed by atoms with van der Waals surface area (Å²) in [7, 11) is 2.58. The predicted molar refractivity (Wildman–Crippen MR) is 263 cm³/mol. The first-order valence-corrected chi connectivity index (χ1v) is 24.3. The molecule has 0 radical (unpaired) electrons. The number of rotatable bonds is 15. The summed E-state index contributed by atoms with van der Waals surface area (Å²) < 4.78 is 16.0. The van der Waals surface area contributed by atoms with E-state index < -0.39 is 36.4 Å². The minimum absolute atomic E-state index is 0.106. The van der Waals surface area contributed by atoms with E-state index in [9.17, 15) is 19.2 Å². The normalized spacial score (nSPS) is 19.1. The molecule has 3 aliphatic rings. The average Bonchev–Trinajstić information content (AvgIpc) is 3.85. The van der Waals surface area contributed by atoms with E-state index in [1.54, 1.807) is 23.5 Å². The van der Waals surface area contributed by atoms with E-state index in [-0.39, 0.29) is 41.7 Å². The molecule has 1 saturated carbocycles. The van der Waals surface area contributed by atoms with Gasteiger partial charge >= 0.3 is 12.2 Å². The zero-order valence-electron chi connectivity index (χ0n) is 40.8. The smallest absolute Gasteiger partial charge is 0.407 e. The number of H-pyrrole nitrogens is 2. The van der Waals surface area contributed by atoms with Crippen molar-refractivity contribution in [1.29, 1.82) is 0 Å². The third-order valence-corrected chi connectivity index (χ3v) is 14.1. The highest BCUT2D eigenvalue weighted by Gasteiger charge is 2.55. The van der Waals surface area contributed by atoms with Crippen LogP contribution in [0, 0.1) is 17.3 Å². The highest BCUT2D eigenvalue weighted by molar-refractivity contribution is 5.91. The van der Waals surface area contributed by atoms with Gasteiger partial charge in [0.15, 0.2) is 0 Å². The Morgan fingerprint density at radius 2 is 1.24 bits per heavy atom. The zero-order chi connectivity index (χ0) is 49.3. The molecule has 9 rings (SSSR count). The minimum atomic E-state index is -0.822. The third-order valence-electron chi connectivity index (χ3n) is 14.1. The van der Waals surface area contributed by atoms with Crippen molar-refractivity contribution in [3.63, 3.8) is 0 Å². The first kappa shape index (κ1) is 47.8. The number of methoxy groups -OCH3 is 2. The van der Waals surface area contributed by atoms with Crippen molar-refractivity contribution in [1.82, 2.24) is 50.3 Å². The van der Waals surface area contributed by atoms with Gasteiger partial charge < -0.3 is 44.6 Å². The largest absolute Gasteiger partial charge is 0.471 e. The second kappa shape index (κ2) is 20.0. The molecule has 2 saturated heterocycles. The number of aromatic nitrogens is 6. The predicted octanol–water partition coefficient (Wildman–Crippen LogP) is 8.57. The Morgan fingerprint density at radius 1 is 0.686 bits per heavy atom. The van der Waals surface area contributed by atoms with Crippen LogP contribution in [0.5, 0.6) is 5.88 Å². The molecular formula is C53H62N10O7. The number of amides is 4. The van der Waals surface area contributed by atoms with Crippen LogP contribution in [0.4, 0.5) is 9.59 Å². The Bertz CT molecular complexity index is 2850. The van der Waals surface area contributed by atoms with Gasteiger partial charge in [0.05, 0.1) is 74.7 Å². The molecule has 4 N–H and O–H groups in total. The molecule has 1 aliphatic carbocycles. The van der Waals surface area contributed by atoms with E-state index in [1.165, 1.54) is 14.2 Å². The van der Waals surface area contributed by atoms with Crippen LogP contribution in [0.25, 0.3) is 44.4 Å². The molecule has 17 heteroatoms. The quantitative estimate of drug-likeness (QED) is 0.0766. The fourth-order valence-electron chi connectivity index (χ4n) is 9.91. The van der Waals surface area contributed by atoms with Crippen LogP contribution in [0.3, 0.4) is 0 Å². The van der Waals surface area contributed by atoms with E-state index in [1.807, 2.05) is 38.8 Å². The third kappa shape index (κ3) is 10.1. The molecule has 366 valence electrons. The second-order valence-electron chi connectivity index (χ2n) is 19.7. The van der Waals surface area contributed by atoms with Gasteiger partial charge in [0.2, 0.25) is 17.7 Å². The van der Waals surface area contributed by atoms with Crippen molar-refractivity contribution in [2.24, 2.45) is 17.3 Å². The maximum Gasteiger partial charge on any atom is 0.407 e. The molecule has 17 nitrogen and oxygen atoms in total. The fraction of sp³-hybridized carbons (Fsp3) is 0.434. The molecule has 4 amide bonds. The molecule has 1 spiro atoms. The van der Waals surface area contributed by atoms with E-state index in [2.05, 4.69) is 98.2 Å². The first-order chi connectivity index (χ1) is 33.7. The number of aromatic amines is 2. The number of ether oxygens (including phenoxy) is 3. The van der Waals surface area contributed by atoms with Gasteiger partial charge in [0.1, 0.15) is 29.8 Å². The molecule has 0 bridgehead atoms. The lowest BCUT2D eigenvalue weighted by Crippen LogP contribution is -2.51. The number of aryl methyl sites for hydroxylation is 1. The van der Waals surface area contributed by atoms with Crippen molar-refractivity contribution in [2.75, 3.05) is 27.3 Å². The van der Waals surface area contributed by atoms with Gasteiger partial charge in [0, 0.05) is 18.5 Å². The second-order valence-corrected chi connectivity index (χ2v) is 19.7. The molecule has 3 aromatic heterocycles. The van der Waals surface area contributed by atoms with Crippen molar-refractivity contribution in [3.05, 3.63) is 103 Å². The Kier molecular flexibility index (Phi) is 13.6. The number of nitrogens with one attached hydrogen (secondary N) is 4. The summed E-state index contributed by atoms with van der Waals surface area (Å²) in [6.07, 6.45) is 10.5. The van der Waals surface area contributed by atoms with Crippen LogP contribution in [0.1, 0.15) is 96.1 Å². The summed E-state index contributed by atoms with van der Waals surface area (Å²) >= 11 is 0. The van der Waals surface area contributed by atoms with Crippen LogP contribution >= 0.6 is 0 Å². The van der Waals surface area contributed by atoms with Gasteiger partial charge in [-0.1, -0.05) is 89.6 Å². The van der Waals surface area contributed by atoms with E-state index >= 15 is 0 Å². The van der Waals surface area contributed by atoms with Crippen molar-refractivity contribution in [3.8, 4) is 39.5 Å². The fourth-order valence-corrected chi connectivity index (χ4v) is 9.91. The molecule has 2 aliphatic heterocycles. The van der Waals surface area contributed by atoms with Crippen LogP contribution in [-0.4, -0.2) is 109 Å². The molecule has 5 heterocycles. The van der Waals surface area contributed by atoms with E-state index in [0.29, 0.717) is 24.7 Å². The van der Waals surface area contributed by atoms with Gasteiger partial charge in [-0.2, -0.15) is 0 Å². The number of hydrogen-bond donors (Lipinski definition) is 4. The Labute approximate surface area is 407 Å². The Morgan fingerprint density at radius 3 is 1.81 bits per heavy atom.